The van der Waals surface area contributed by atoms with Crippen molar-refractivity contribution in [2.24, 2.45) is 0 Å². The van der Waals surface area contributed by atoms with Gasteiger partial charge in [0.15, 0.2) is 0 Å². The zero-order chi connectivity index (χ0) is 18.6. The van der Waals surface area contributed by atoms with E-state index < -0.39 is 0 Å². The second-order valence-corrected chi connectivity index (χ2v) is 6.36. The lowest BCUT2D eigenvalue weighted by atomic mass is 10.1. The van der Waals surface area contributed by atoms with Crippen LogP contribution in [0, 0.1) is 0 Å². The first kappa shape index (κ1) is 17.2. The Morgan fingerprint density at radius 2 is 2.11 bits per heavy atom. The molecule has 1 aliphatic rings. The number of methoxy groups -OCH3 is 1. The molecule has 0 spiro atoms. The molecule has 4 heterocycles. The molecule has 0 bridgehead atoms. The maximum absolute atomic E-state index is 12.0. The SMILES string of the molecule is COCCNc1ccc(-c2cc(-c3cc4c([nH]3)CCNC4=O)ccn2)cn1. The summed E-state index contributed by atoms with van der Waals surface area (Å²) in [4.78, 5) is 24.2. The molecule has 1 amide bonds. The Hall–Kier alpha value is -3.19. The molecule has 4 rings (SSSR count). The average molecular weight is 363 g/mol. The van der Waals surface area contributed by atoms with Crippen LogP contribution in [0.5, 0.6) is 0 Å². The first-order valence-corrected chi connectivity index (χ1v) is 8.90. The summed E-state index contributed by atoms with van der Waals surface area (Å²) in [5, 5.41) is 6.06. The van der Waals surface area contributed by atoms with Gasteiger partial charge in [-0.2, -0.15) is 0 Å². The number of pyridine rings is 2. The molecule has 0 aromatic carbocycles. The number of carbonyl (C=O) groups is 1. The van der Waals surface area contributed by atoms with Gasteiger partial charge in [-0.15, -0.1) is 0 Å². The molecule has 0 saturated heterocycles. The van der Waals surface area contributed by atoms with Crippen LogP contribution >= 0.6 is 0 Å². The van der Waals surface area contributed by atoms with E-state index in [1.165, 1.54) is 0 Å². The molecule has 7 nitrogen and oxygen atoms in total. The zero-order valence-electron chi connectivity index (χ0n) is 15.1. The Morgan fingerprint density at radius 3 is 2.89 bits per heavy atom. The molecule has 0 atom stereocenters. The van der Waals surface area contributed by atoms with Crippen LogP contribution in [0.15, 0.2) is 42.7 Å². The first-order valence-electron chi connectivity index (χ1n) is 8.90. The number of carbonyl (C=O) groups excluding carboxylic acids is 1. The van der Waals surface area contributed by atoms with E-state index in [-0.39, 0.29) is 5.91 Å². The van der Waals surface area contributed by atoms with E-state index in [1.54, 1.807) is 19.5 Å². The lowest BCUT2D eigenvalue weighted by Gasteiger charge is -2.11. The van der Waals surface area contributed by atoms with Crippen LogP contribution in [-0.4, -0.2) is 47.7 Å². The van der Waals surface area contributed by atoms with E-state index in [2.05, 4.69) is 25.6 Å². The summed E-state index contributed by atoms with van der Waals surface area (Å²) in [7, 11) is 1.67. The molecule has 0 fully saturated rings. The lowest BCUT2D eigenvalue weighted by molar-refractivity contribution is 0.0946. The number of aromatic nitrogens is 3. The van der Waals surface area contributed by atoms with Crippen molar-refractivity contribution in [3.8, 4) is 22.5 Å². The van der Waals surface area contributed by atoms with E-state index >= 15 is 0 Å². The summed E-state index contributed by atoms with van der Waals surface area (Å²) < 4.78 is 5.02. The molecular weight excluding hydrogens is 342 g/mol. The van der Waals surface area contributed by atoms with Crippen LogP contribution < -0.4 is 10.6 Å². The quantitative estimate of drug-likeness (QED) is 0.585. The Morgan fingerprint density at radius 1 is 1.19 bits per heavy atom. The number of aromatic amines is 1. The number of hydrogen-bond donors (Lipinski definition) is 3. The number of fused-ring (bicyclic) bond motifs is 1. The van der Waals surface area contributed by atoms with Crippen molar-refractivity contribution >= 4 is 11.7 Å². The number of ether oxygens (including phenoxy) is 1. The number of anilines is 1. The van der Waals surface area contributed by atoms with Crippen molar-refractivity contribution in [3.05, 3.63) is 54.0 Å². The van der Waals surface area contributed by atoms with E-state index in [1.807, 2.05) is 30.3 Å². The van der Waals surface area contributed by atoms with Gasteiger partial charge in [0.25, 0.3) is 5.91 Å². The predicted octanol–water partition coefficient (Wildman–Crippen LogP) is 2.48. The molecule has 3 N–H and O–H groups in total. The Kier molecular flexibility index (Phi) is 4.84. The number of amides is 1. The second-order valence-electron chi connectivity index (χ2n) is 6.36. The van der Waals surface area contributed by atoms with Crippen LogP contribution in [0.4, 0.5) is 5.82 Å². The second kappa shape index (κ2) is 7.59. The highest BCUT2D eigenvalue weighted by atomic mass is 16.5. The highest BCUT2D eigenvalue weighted by Crippen LogP contribution is 2.27. The maximum Gasteiger partial charge on any atom is 0.253 e. The van der Waals surface area contributed by atoms with Crippen molar-refractivity contribution in [1.29, 1.82) is 0 Å². The van der Waals surface area contributed by atoms with Gasteiger partial charge in [-0.05, 0) is 30.3 Å². The summed E-state index contributed by atoms with van der Waals surface area (Å²) in [6.45, 7) is 2.01. The van der Waals surface area contributed by atoms with Gasteiger partial charge in [0.2, 0.25) is 0 Å². The minimum atomic E-state index is -0.0196. The van der Waals surface area contributed by atoms with Gasteiger partial charge < -0.3 is 20.4 Å². The fourth-order valence-electron chi connectivity index (χ4n) is 3.14. The standard InChI is InChI=1S/C20H21N5O2/c1-27-9-8-22-19-3-2-14(12-24-19)17-10-13(4-6-21-17)18-11-15-16(25-18)5-7-23-20(15)26/h2-4,6,10-12,25H,5,7-9H2,1H3,(H,22,24)(H,23,26). The molecule has 0 aliphatic carbocycles. The molecule has 3 aromatic heterocycles. The summed E-state index contributed by atoms with van der Waals surface area (Å²) in [5.41, 5.74) is 5.39. The molecule has 0 radical (unpaired) electrons. The van der Waals surface area contributed by atoms with Crippen molar-refractivity contribution in [1.82, 2.24) is 20.3 Å². The predicted molar refractivity (Wildman–Crippen MR) is 104 cm³/mol. The summed E-state index contributed by atoms with van der Waals surface area (Å²) in [5.74, 6) is 0.781. The first-order chi connectivity index (χ1) is 13.2. The third kappa shape index (κ3) is 3.68. The molecule has 7 heteroatoms. The molecule has 0 unspecified atom stereocenters. The van der Waals surface area contributed by atoms with Gasteiger partial charge in [-0.3, -0.25) is 9.78 Å². The molecular formula is C20H21N5O2. The molecule has 0 saturated carbocycles. The third-order valence-electron chi connectivity index (χ3n) is 4.55. The van der Waals surface area contributed by atoms with Gasteiger partial charge in [-0.1, -0.05) is 0 Å². The molecule has 1 aliphatic heterocycles. The highest BCUT2D eigenvalue weighted by Gasteiger charge is 2.20. The lowest BCUT2D eigenvalue weighted by Crippen LogP contribution is -2.31. The molecule has 3 aromatic rings. The van der Waals surface area contributed by atoms with Gasteiger partial charge >= 0.3 is 0 Å². The Labute approximate surface area is 157 Å². The summed E-state index contributed by atoms with van der Waals surface area (Å²) in [6.07, 6.45) is 4.39. The van der Waals surface area contributed by atoms with Crippen molar-refractivity contribution in [2.75, 3.05) is 32.1 Å². The van der Waals surface area contributed by atoms with Crippen LogP contribution in [0.25, 0.3) is 22.5 Å². The van der Waals surface area contributed by atoms with Gasteiger partial charge in [0, 0.05) is 61.5 Å². The van der Waals surface area contributed by atoms with Crippen LogP contribution in [0.3, 0.4) is 0 Å². The Balaban J connectivity index is 1.57. The van der Waals surface area contributed by atoms with E-state index in [4.69, 9.17) is 4.74 Å². The Bertz CT molecular complexity index is 949. The molecule has 27 heavy (non-hydrogen) atoms. The normalized spacial score (nSPS) is 13.1. The van der Waals surface area contributed by atoms with Crippen molar-refractivity contribution in [3.63, 3.8) is 0 Å². The van der Waals surface area contributed by atoms with Crippen LogP contribution in [-0.2, 0) is 11.2 Å². The van der Waals surface area contributed by atoms with Crippen LogP contribution in [0.2, 0.25) is 0 Å². The fraction of sp³-hybridized carbons (Fsp3) is 0.250. The number of rotatable bonds is 6. The highest BCUT2D eigenvalue weighted by molar-refractivity contribution is 5.97. The van der Waals surface area contributed by atoms with E-state index in [0.29, 0.717) is 19.7 Å². The number of hydrogen-bond acceptors (Lipinski definition) is 5. The van der Waals surface area contributed by atoms with Gasteiger partial charge in [0.1, 0.15) is 5.82 Å². The fourth-order valence-corrected chi connectivity index (χ4v) is 3.14. The average Bonchev–Trinajstić information content (AvgIpc) is 3.15. The third-order valence-corrected chi connectivity index (χ3v) is 4.55. The number of nitrogens with zero attached hydrogens (tertiary/aromatic N) is 2. The van der Waals surface area contributed by atoms with E-state index in [0.717, 1.165) is 46.0 Å². The largest absolute Gasteiger partial charge is 0.383 e. The molecule has 138 valence electrons. The minimum absolute atomic E-state index is 0.0196. The zero-order valence-corrected chi connectivity index (χ0v) is 15.1. The van der Waals surface area contributed by atoms with Crippen molar-refractivity contribution < 1.29 is 9.53 Å². The monoisotopic (exact) mass is 363 g/mol. The minimum Gasteiger partial charge on any atom is -0.383 e. The summed E-state index contributed by atoms with van der Waals surface area (Å²) >= 11 is 0. The number of nitrogens with one attached hydrogen (secondary N) is 3. The van der Waals surface area contributed by atoms with E-state index in [9.17, 15) is 4.79 Å². The topological polar surface area (TPSA) is 91.9 Å². The summed E-state index contributed by atoms with van der Waals surface area (Å²) in [6, 6.07) is 9.76. The van der Waals surface area contributed by atoms with Gasteiger partial charge in [0.05, 0.1) is 17.9 Å². The van der Waals surface area contributed by atoms with Crippen LogP contribution in [0.1, 0.15) is 16.1 Å². The van der Waals surface area contributed by atoms with Gasteiger partial charge in [-0.25, -0.2) is 4.98 Å². The van der Waals surface area contributed by atoms with Crippen molar-refractivity contribution in [2.45, 2.75) is 6.42 Å². The maximum atomic E-state index is 12.0. The smallest absolute Gasteiger partial charge is 0.253 e. The number of H-pyrrole nitrogens is 1.